The molecule has 0 amide bonds. The van der Waals surface area contributed by atoms with Crippen LogP contribution in [0.2, 0.25) is 0 Å². The normalized spacial score (nSPS) is 10.5. The van der Waals surface area contributed by atoms with Crippen molar-refractivity contribution in [3.8, 4) is 11.3 Å². The molecule has 2 aromatic heterocycles. The molecule has 0 aliphatic heterocycles. The van der Waals surface area contributed by atoms with Gasteiger partial charge in [0.25, 0.3) is 0 Å². The molecule has 6 nitrogen and oxygen atoms in total. The largest absolute Gasteiger partial charge is 0.466 e. The van der Waals surface area contributed by atoms with E-state index in [1.807, 2.05) is 19.1 Å². The monoisotopic (exact) mass is 288 g/mol. The number of ether oxygens (including phenoxy) is 1. The Labute approximate surface area is 123 Å². The van der Waals surface area contributed by atoms with E-state index < -0.39 is 0 Å². The van der Waals surface area contributed by atoms with Crippen LogP contribution in [0.4, 0.5) is 0 Å². The van der Waals surface area contributed by atoms with E-state index in [1.54, 1.807) is 18.6 Å². The van der Waals surface area contributed by atoms with Gasteiger partial charge in [0, 0.05) is 36.5 Å². The van der Waals surface area contributed by atoms with Crippen LogP contribution >= 0.6 is 0 Å². The molecule has 2 N–H and O–H groups in total. The van der Waals surface area contributed by atoms with Gasteiger partial charge >= 0.3 is 5.97 Å². The van der Waals surface area contributed by atoms with Crippen molar-refractivity contribution < 1.29 is 9.53 Å². The smallest absolute Gasteiger partial charge is 0.305 e. The molecule has 0 saturated carbocycles. The van der Waals surface area contributed by atoms with E-state index in [0.717, 1.165) is 29.8 Å². The number of carbonyl (C=O) groups is 1. The number of H-pyrrole nitrogens is 1. The number of aromatic nitrogens is 3. The minimum atomic E-state index is -0.140. The molecule has 0 saturated heterocycles. The molecule has 2 rings (SSSR count). The Kier molecular flexibility index (Phi) is 5.90. The standard InChI is InChI=1S/C15H20N4O2/c1-2-21-14(20)6-4-8-17-10-13-11-18-19-15(13)12-5-3-7-16-9-12/h3,5,7,9,11,17H,2,4,6,8,10H2,1H3,(H,18,19). The average Bonchev–Trinajstić information content (AvgIpc) is 2.96. The molecule has 6 heteroatoms. The summed E-state index contributed by atoms with van der Waals surface area (Å²) in [6.45, 7) is 3.71. The Morgan fingerprint density at radius 2 is 2.33 bits per heavy atom. The van der Waals surface area contributed by atoms with Crippen LogP contribution in [0.3, 0.4) is 0 Å². The summed E-state index contributed by atoms with van der Waals surface area (Å²) in [4.78, 5) is 15.3. The van der Waals surface area contributed by atoms with Gasteiger partial charge in [-0.2, -0.15) is 5.10 Å². The molecule has 0 aliphatic carbocycles. The number of esters is 1. The molecule has 0 radical (unpaired) electrons. The maximum atomic E-state index is 11.2. The minimum absolute atomic E-state index is 0.140. The Morgan fingerprint density at radius 1 is 1.43 bits per heavy atom. The van der Waals surface area contributed by atoms with Gasteiger partial charge in [-0.15, -0.1) is 0 Å². The van der Waals surface area contributed by atoms with Gasteiger partial charge in [0.15, 0.2) is 0 Å². The lowest BCUT2D eigenvalue weighted by Gasteiger charge is -2.05. The highest BCUT2D eigenvalue weighted by atomic mass is 16.5. The average molecular weight is 288 g/mol. The van der Waals surface area contributed by atoms with Crippen molar-refractivity contribution in [2.75, 3.05) is 13.2 Å². The lowest BCUT2D eigenvalue weighted by Crippen LogP contribution is -2.16. The van der Waals surface area contributed by atoms with Crippen LogP contribution in [0.5, 0.6) is 0 Å². The molecule has 0 atom stereocenters. The van der Waals surface area contributed by atoms with E-state index in [2.05, 4.69) is 20.5 Å². The lowest BCUT2D eigenvalue weighted by molar-refractivity contribution is -0.143. The Bertz CT molecular complexity index is 554. The van der Waals surface area contributed by atoms with E-state index in [9.17, 15) is 4.79 Å². The first-order valence-corrected chi connectivity index (χ1v) is 7.10. The van der Waals surface area contributed by atoms with Crippen LogP contribution < -0.4 is 5.32 Å². The summed E-state index contributed by atoms with van der Waals surface area (Å²) in [5.41, 5.74) is 3.07. The van der Waals surface area contributed by atoms with Gasteiger partial charge in [-0.1, -0.05) is 0 Å². The highest BCUT2D eigenvalue weighted by Crippen LogP contribution is 2.19. The zero-order chi connectivity index (χ0) is 14.9. The topological polar surface area (TPSA) is 79.9 Å². The quantitative estimate of drug-likeness (QED) is 0.573. The number of aromatic amines is 1. The fraction of sp³-hybridized carbons (Fsp3) is 0.400. The molecule has 0 bridgehead atoms. The summed E-state index contributed by atoms with van der Waals surface area (Å²) in [6.07, 6.45) is 6.56. The number of nitrogens with one attached hydrogen (secondary N) is 2. The zero-order valence-corrected chi connectivity index (χ0v) is 12.1. The van der Waals surface area contributed by atoms with Crippen molar-refractivity contribution in [3.63, 3.8) is 0 Å². The first kappa shape index (κ1) is 15.2. The van der Waals surface area contributed by atoms with Crippen LogP contribution in [0.25, 0.3) is 11.3 Å². The number of nitrogens with zero attached hydrogens (tertiary/aromatic N) is 2. The summed E-state index contributed by atoms with van der Waals surface area (Å²) < 4.78 is 4.88. The van der Waals surface area contributed by atoms with Gasteiger partial charge in [-0.25, -0.2) is 0 Å². The van der Waals surface area contributed by atoms with Crippen LogP contribution in [0, 0.1) is 0 Å². The van der Waals surface area contributed by atoms with Gasteiger partial charge in [-0.05, 0) is 32.0 Å². The maximum absolute atomic E-state index is 11.2. The van der Waals surface area contributed by atoms with Crippen molar-refractivity contribution in [3.05, 3.63) is 36.3 Å². The van der Waals surface area contributed by atoms with E-state index in [1.165, 1.54) is 0 Å². The second-order valence-corrected chi connectivity index (χ2v) is 4.60. The third kappa shape index (κ3) is 4.68. The van der Waals surface area contributed by atoms with Gasteiger partial charge in [-0.3, -0.25) is 14.9 Å². The molecule has 2 heterocycles. The molecular weight excluding hydrogens is 268 g/mol. The predicted octanol–water partition coefficient (Wildman–Crippen LogP) is 1.90. The minimum Gasteiger partial charge on any atom is -0.466 e. The molecule has 0 fully saturated rings. The van der Waals surface area contributed by atoms with E-state index in [-0.39, 0.29) is 5.97 Å². The fourth-order valence-corrected chi connectivity index (χ4v) is 2.02. The number of rotatable bonds is 8. The van der Waals surface area contributed by atoms with Crippen LogP contribution in [-0.2, 0) is 16.1 Å². The summed E-state index contributed by atoms with van der Waals surface area (Å²) in [5, 5.41) is 10.4. The predicted molar refractivity (Wildman–Crippen MR) is 79.4 cm³/mol. The van der Waals surface area contributed by atoms with Gasteiger partial charge in [0.1, 0.15) is 0 Å². The van der Waals surface area contributed by atoms with Crippen molar-refractivity contribution >= 4 is 5.97 Å². The van der Waals surface area contributed by atoms with Crippen LogP contribution in [-0.4, -0.2) is 34.3 Å². The molecule has 0 unspecified atom stereocenters. The second kappa shape index (κ2) is 8.16. The molecule has 21 heavy (non-hydrogen) atoms. The zero-order valence-electron chi connectivity index (χ0n) is 12.1. The molecule has 0 aromatic carbocycles. The van der Waals surface area contributed by atoms with E-state index in [4.69, 9.17) is 4.74 Å². The van der Waals surface area contributed by atoms with E-state index in [0.29, 0.717) is 19.6 Å². The third-order valence-corrected chi connectivity index (χ3v) is 3.02. The van der Waals surface area contributed by atoms with Crippen LogP contribution in [0.1, 0.15) is 25.3 Å². The molecule has 0 aliphatic rings. The Balaban J connectivity index is 1.77. The Morgan fingerprint density at radius 3 is 3.10 bits per heavy atom. The fourth-order valence-electron chi connectivity index (χ4n) is 2.02. The van der Waals surface area contributed by atoms with Crippen molar-refractivity contribution in [2.24, 2.45) is 0 Å². The summed E-state index contributed by atoms with van der Waals surface area (Å²) in [5.74, 6) is -0.140. The van der Waals surface area contributed by atoms with Gasteiger partial charge < -0.3 is 10.1 Å². The van der Waals surface area contributed by atoms with Crippen LogP contribution in [0.15, 0.2) is 30.7 Å². The van der Waals surface area contributed by atoms with Gasteiger partial charge in [0.05, 0.1) is 18.5 Å². The number of hydrogen-bond acceptors (Lipinski definition) is 5. The number of pyridine rings is 1. The number of carbonyl (C=O) groups excluding carboxylic acids is 1. The molecule has 0 spiro atoms. The maximum Gasteiger partial charge on any atom is 0.305 e. The molecular formula is C15H20N4O2. The van der Waals surface area contributed by atoms with Crippen molar-refractivity contribution in [1.82, 2.24) is 20.5 Å². The van der Waals surface area contributed by atoms with Crippen molar-refractivity contribution in [1.29, 1.82) is 0 Å². The summed E-state index contributed by atoms with van der Waals surface area (Å²) in [6, 6.07) is 3.89. The van der Waals surface area contributed by atoms with E-state index >= 15 is 0 Å². The number of hydrogen-bond donors (Lipinski definition) is 2. The summed E-state index contributed by atoms with van der Waals surface area (Å²) >= 11 is 0. The SMILES string of the molecule is CCOC(=O)CCCNCc1cn[nH]c1-c1cccnc1. The second-order valence-electron chi connectivity index (χ2n) is 4.60. The van der Waals surface area contributed by atoms with Gasteiger partial charge in [0.2, 0.25) is 0 Å². The highest BCUT2D eigenvalue weighted by Gasteiger charge is 2.07. The molecule has 112 valence electrons. The molecule has 2 aromatic rings. The van der Waals surface area contributed by atoms with Crippen molar-refractivity contribution in [2.45, 2.75) is 26.3 Å². The highest BCUT2D eigenvalue weighted by molar-refractivity contribution is 5.69. The lowest BCUT2D eigenvalue weighted by atomic mass is 10.1. The first-order chi connectivity index (χ1) is 10.3. The summed E-state index contributed by atoms with van der Waals surface area (Å²) in [7, 11) is 0. The Hall–Kier alpha value is -2.21. The first-order valence-electron chi connectivity index (χ1n) is 7.10. The third-order valence-electron chi connectivity index (χ3n) is 3.02.